The summed E-state index contributed by atoms with van der Waals surface area (Å²) in [4.78, 5) is 12.7. The first kappa shape index (κ1) is 15.2. The molecule has 108 valence electrons. The average Bonchev–Trinajstić information content (AvgIpc) is 2.93. The molecule has 2 N–H and O–H groups in total. The van der Waals surface area contributed by atoms with Gasteiger partial charge in [-0.25, -0.2) is 4.39 Å². The first-order valence-electron chi connectivity index (χ1n) is 6.35. The zero-order valence-corrected chi connectivity index (χ0v) is 12.2. The zero-order valence-electron chi connectivity index (χ0n) is 11.4. The molecule has 0 aliphatic rings. The van der Waals surface area contributed by atoms with E-state index >= 15 is 0 Å². The maximum atomic E-state index is 13.2. The van der Waals surface area contributed by atoms with Crippen molar-refractivity contribution in [2.24, 2.45) is 0 Å². The first-order valence-corrected chi connectivity index (χ1v) is 7.23. The van der Waals surface area contributed by atoms with E-state index in [1.165, 1.54) is 23.5 Å². The molecule has 0 aliphatic heterocycles. The largest absolute Gasteiger partial charge is 0.384 e. The number of thiophene rings is 1. The van der Waals surface area contributed by atoms with Crippen molar-refractivity contribution in [2.75, 3.05) is 6.61 Å². The lowest BCUT2D eigenvalue weighted by atomic mass is 10.1. The SMILES string of the molecule is CC(NC(=O)c1sccc1C#CCO)c1cccc(F)c1. The second-order valence-electron chi connectivity index (χ2n) is 4.37. The van der Waals surface area contributed by atoms with Gasteiger partial charge in [0, 0.05) is 5.56 Å². The van der Waals surface area contributed by atoms with Crippen LogP contribution < -0.4 is 5.32 Å². The molecule has 0 saturated heterocycles. The van der Waals surface area contributed by atoms with Crippen LogP contribution in [-0.2, 0) is 0 Å². The van der Waals surface area contributed by atoms with Gasteiger partial charge in [-0.05, 0) is 36.1 Å². The molecule has 1 aromatic heterocycles. The Hall–Kier alpha value is -2.16. The average molecular weight is 303 g/mol. The molecule has 0 radical (unpaired) electrons. The van der Waals surface area contributed by atoms with Crippen LogP contribution in [0.1, 0.15) is 33.8 Å². The van der Waals surface area contributed by atoms with Crippen LogP contribution in [0, 0.1) is 17.7 Å². The van der Waals surface area contributed by atoms with Crippen LogP contribution in [0.4, 0.5) is 4.39 Å². The Bertz CT molecular complexity index is 700. The second-order valence-corrected chi connectivity index (χ2v) is 5.29. The molecular weight excluding hydrogens is 289 g/mol. The second kappa shape index (κ2) is 7.02. The zero-order chi connectivity index (χ0) is 15.2. The predicted octanol–water partition coefficient (Wildman–Crippen LogP) is 2.72. The molecule has 1 unspecified atom stereocenters. The van der Waals surface area contributed by atoms with Gasteiger partial charge in [-0.3, -0.25) is 4.79 Å². The lowest BCUT2D eigenvalue weighted by Gasteiger charge is -2.14. The number of nitrogens with one attached hydrogen (secondary N) is 1. The summed E-state index contributed by atoms with van der Waals surface area (Å²) in [6.45, 7) is 1.54. The minimum absolute atomic E-state index is 0.253. The molecule has 2 rings (SSSR count). The van der Waals surface area contributed by atoms with Gasteiger partial charge in [-0.2, -0.15) is 0 Å². The topological polar surface area (TPSA) is 49.3 Å². The molecule has 1 amide bonds. The van der Waals surface area contributed by atoms with Crippen LogP contribution in [0.25, 0.3) is 0 Å². The maximum absolute atomic E-state index is 13.2. The summed E-state index contributed by atoms with van der Waals surface area (Å²) < 4.78 is 13.2. The standard InChI is InChI=1S/C16H14FNO2S/c1-11(13-4-2-6-14(17)10-13)18-16(20)15-12(5-3-8-19)7-9-21-15/h2,4,6-7,9-11,19H,8H2,1H3,(H,18,20). The van der Waals surface area contributed by atoms with E-state index in [2.05, 4.69) is 17.2 Å². The molecule has 3 nitrogen and oxygen atoms in total. The summed E-state index contributed by atoms with van der Waals surface area (Å²) in [5.74, 6) is 4.66. The van der Waals surface area contributed by atoms with E-state index in [-0.39, 0.29) is 24.4 Å². The van der Waals surface area contributed by atoms with Crippen LogP contribution in [-0.4, -0.2) is 17.6 Å². The summed E-state index contributed by atoms with van der Waals surface area (Å²) in [6.07, 6.45) is 0. The van der Waals surface area contributed by atoms with Gasteiger partial charge in [0.25, 0.3) is 5.91 Å². The minimum Gasteiger partial charge on any atom is -0.384 e. The number of aliphatic hydroxyl groups excluding tert-OH is 1. The van der Waals surface area contributed by atoms with Crippen LogP contribution >= 0.6 is 11.3 Å². The monoisotopic (exact) mass is 303 g/mol. The number of halogens is 1. The van der Waals surface area contributed by atoms with E-state index in [0.717, 1.165) is 0 Å². The number of benzene rings is 1. The Kier molecular flexibility index (Phi) is 5.09. The van der Waals surface area contributed by atoms with Gasteiger partial charge in [0.1, 0.15) is 17.3 Å². The Morgan fingerprint density at radius 3 is 3.00 bits per heavy atom. The Morgan fingerprint density at radius 2 is 2.29 bits per heavy atom. The van der Waals surface area contributed by atoms with Gasteiger partial charge in [-0.1, -0.05) is 24.0 Å². The van der Waals surface area contributed by atoms with Gasteiger partial charge < -0.3 is 10.4 Å². The predicted molar refractivity (Wildman–Crippen MR) is 80.6 cm³/mol. The van der Waals surface area contributed by atoms with Crippen LogP contribution in [0.2, 0.25) is 0 Å². The van der Waals surface area contributed by atoms with Gasteiger partial charge in [0.2, 0.25) is 0 Å². The van der Waals surface area contributed by atoms with E-state index in [0.29, 0.717) is 16.0 Å². The van der Waals surface area contributed by atoms with Gasteiger partial charge in [0.05, 0.1) is 6.04 Å². The van der Waals surface area contributed by atoms with Gasteiger partial charge in [-0.15, -0.1) is 11.3 Å². The lowest BCUT2D eigenvalue weighted by Crippen LogP contribution is -2.26. The van der Waals surface area contributed by atoms with Crippen molar-refractivity contribution in [3.05, 3.63) is 57.5 Å². The maximum Gasteiger partial charge on any atom is 0.263 e. The fourth-order valence-corrected chi connectivity index (χ4v) is 2.59. The Morgan fingerprint density at radius 1 is 1.48 bits per heavy atom. The van der Waals surface area contributed by atoms with Crippen LogP contribution in [0.15, 0.2) is 35.7 Å². The molecule has 0 saturated carbocycles. The van der Waals surface area contributed by atoms with Crippen LogP contribution in [0.3, 0.4) is 0 Å². The number of amides is 1. The van der Waals surface area contributed by atoms with E-state index < -0.39 is 0 Å². The molecule has 1 atom stereocenters. The third-order valence-electron chi connectivity index (χ3n) is 2.87. The first-order chi connectivity index (χ1) is 10.1. The highest BCUT2D eigenvalue weighted by molar-refractivity contribution is 7.12. The molecule has 1 aromatic carbocycles. The van der Waals surface area contributed by atoms with E-state index in [9.17, 15) is 9.18 Å². The summed E-state index contributed by atoms with van der Waals surface area (Å²) in [6, 6.07) is 7.54. The molecule has 0 spiro atoms. The van der Waals surface area contributed by atoms with E-state index in [1.54, 1.807) is 30.5 Å². The molecule has 21 heavy (non-hydrogen) atoms. The minimum atomic E-state index is -0.334. The van der Waals surface area contributed by atoms with E-state index in [1.807, 2.05) is 0 Å². The molecule has 0 aliphatic carbocycles. The highest BCUT2D eigenvalue weighted by atomic mass is 32.1. The summed E-state index contributed by atoms with van der Waals surface area (Å²) in [7, 11) is 0. The Labute approximate surface area is 126 Å². The van der Waals surface area contributed by atoms with Crippen molar-refractivity contribution >= 4 is 17.2 Å². The van der Waals surface area contributed by atoms with Crippen LogP contribution in [0.5, 0.6) is 0 Å². The molecule has 5 heteroatoms. The lowest BCUT2D eigenvalue weighted by molar-refractivity contribution is 0.0943. The fraction of sp³-hybridized carbons (Fsp3) is 0.188. The third-order valence-corrected chi connectivity index (χ3v) is 3.78. The third kappa shape index (κ3) is 3.91. The molecular formula is C16H14FNO2S. The van der Waals surface area contributed by atoms with Crippen molar-refractivity contribution in [3.8, 4) is 11.8 Å². The summed E-state index contributed by atoms with van der Waals surface area (Å²) in [5.41, 5.74) is 1.28. The molecule has 0 bridgehead atoms. The highest BCUT2D eigenvalue weighted by Crippen LogP contribution is 2.19. The summed E-state index contributed by atoms with van der Waals surface area (Å²) in [5, 5.41) is 13.3. The van der Waals surface area contributed by atoms with Crippen molar-refractivity contribution < 1.29 is 14.3 Å². The smallest absolute Gasteiger partial charge is 0.263 e. The molecule has 2 aromatic rings. The number of rotatable bonds is 3. The highest BCUT2D eigenvalue weighted by Gasteiger charge is 2.15. The molecule has 0 fully saturated rings. The fourth-order valence-electron chi connectivity index (χ4n) is 1.84. The van der Waals surface area contributed by atoms with Gasteiger partial charge >= 0.3 is 0 Å². The Balaban J connectivity index is 2.13. The number of hydrogen-bond acceptors (Lipinski definition) is 3. The number of carbonyl (C=O) groups is 1. The summed E-state index contributed by atoms with van der Waals surface area (Å²) >= 11 is 1.28. The van der Waals surface area contributed by atoms with Crippen molar-refractivity contribution in [1.29, 1.82) is 0 Å². The number of hydrogen-bond donors (Lipinski definition) is 2. The van der Waals surface area contributed by atoms with Crippen molar-refractivity contribution in [2.45, 2.75) is 13.0 Å². The normalized spacial score (nSPS) is 11.4. The number of carbonyl (C=O) groups excluding carboxylic acids is 1. The van der Waals surface area contributed by atoms with Crippen molar-refractivity contribution in [3.63, 3.8) is 0 Å². The van der Waals surface area contributed by atoms with Gasteiger partial charge in [0.15, 0.2) is 0 Å². The quantitative estimate of drug-likeness (QED) is 0.857. The van der Waals surface area contributed by atoms with E-state index in [4.69, 9.17) is 5.11 Å². The van der Waals surface area contributed by atoms with Crippen molar-refractivity contribution in [1.82, 2.24) is 5.32 Å². The molecule has 1 heterocycles. The number of aliphatic hydroxyl groups is 1.